The van der Waals surface area contributed by atoms with Crippen LogP contribution in [0.3, 0.4) is 0 Å². The highest BCUT2D eigenvalue weighted by molar-refractivity contribution is 8.54. The summed E-state index contributed by atoms with van der Waals surface area (Å²) in [7, 11) is -2.59. The number of hydrogen-bond donors (Lipinski definition) is 3. The first-order chi connectivity index (χ1) is 8.66. The van der Waals surface area contributed by atoms with Crippen molar-refractivity contribution < 1.29 is 47.5 Å². The smallest absolute Gasteiger partial charge is 0.329 e. The van der Waals surface area contributed by atoms with Gasteiger partial charge >= 0.3 is 13.5 Å². The van der Waals surface area contributed by atoms with E-state index in [1.54, 1.807) is 0 Å². The van der Waals surface area contributed by atoms with Crippen LogP contribution in [0.25, 0.3) is 0 Å². The average Bonchev–Trinajstić information content (AvgIpc) is 2.42. The van der Waals surface area contributed by atoms with Crippen LogP contribution in [0.2, 0.25) is 0 Å². The summed E-state index contributed by atoms with van der Waals surface area (Å²) in [4.78, 5) is 9.09. The first kappa shape index (κ1) is 20.1. The van der Waals surface area contributed by atoms with Gasteiger partial charge in [-0.15, -0.1) is 4.67 Å². The lowest BCUT2D eigenvalue weighted by Gasteiger charge is -2.20. The summed E-state index contributed by atoms with van der Waals surface area (Å²) in [6, 6.07) is 0. The minimum absolute atomic E-state index is 0.567. The van der Waals surface area contributed by atoms with Crippen LogP contribution in [0.1, 0.15) is 0 Å². The van der Waals surface area contributed by atoms with Gasteiger partial charge in [0.25, 0.3) is 7.37 Å². The topological polar surface area (TPSA) is 141 Å². The summed E-state index contributed by atoms with van der Waals surface area (Å²) < 4.78 is 44.4. The molecule has 0 amide bonds. The number of rotatable bonds is 10. The van der Waals surface area contributed by atoms with Gasteiger partial charge < -0.3 is 9.42 Å². The first-order valence-electron chi connectivity index (χ1n) is 4.23. The van der Waals surface area contributed by atoms with E-state index >= 15 is 0 Å². The zero-order chi connectivity index (χ0) is 15.2. The third kappa shape index (κ3) is 7.63. The van der Waals surface area contributed by atoms with Crippen LogP contribution in [0.5, 0.6) is 0 Å². The second kappa shape index (κ2) is 8.55. The lowest BCUT2D eigenvalue weighted by atomic mass is 11.7. The molecule has 3 unspecified atom stereocenters. The Kier molecular flexibility index (Phi) is 9.06. The van der Waals surface area contributed by atoms with Crippen molar-refractivity contribution in [3.63, 3.8) is 0 Å². The molecule has 0 aliphatic rings. The quantitative estimate of drug-likeness (QED) is 0.292. The molecule has 0 aromatic rings. The van der Waals surface area contributed by atoms with Gasteiger partial charge in [-0.2, -0.15) is 4.67 Å². The summed E-state index contributed by atoms with van der Waals surface area (Å²) in [5, 5.41) is 16.6. The second-order valence-electron chi connectivity index (χ2n) is 2.78. The highest BCUT2D eigenvalue weighted by atomic mass is 32.7. The monoisotopic (exact) mass is 378 g/mol. The fourth-order valence-electron chi connectivity index (χ4n) is 0.595. The van der Waals surface area contributed by atoms with E-state index in [4.69, 9.17) is 15.4 Å². The first-order valence-corrected chi connectivity index (χ1v) is 12.2. The summed E-state index contributed by atoms with van der Waals surface area (Å²) in [5.41, 5.74) is 0. The van der Waals surface area contributed by atoms with Gasteiger partial charge in [-0.1, -0.05) is 0 Å². The normalized spacial score (nSPS) is 21.3. The van der Waals surface area contributed by atoms with Crippen LogP contribution in [-0.2, 0) is 43.9 Å². The van der Waals surface area contributed by atoms with Crippen molar-refractivity contribution in [3.05, 3.63) is 0 Å². The van der Waals surface area contributed by atoms with Gasteiger partial charge in [0.15, 0.2) is 0 Å². The molecule has 3 atom stereocenters. The van der Waals surface area contributed by atoms with Gasteiger partial charge in [0.2, 0.25) is 0 Å². The Labute approximate surface area is 118 Å². The molecule has 0 saturated carbocycles. The molecule has 0 fully saturated rings. The van der Waals surface area contributed by atoms with E-state index in [0.29, 0.717) is 11.4 Å². The molecule has 0 aromatic heterocycles. The summed E-state index contributed by atoms with van der Waals surface area (Å²) in [6.07, 6.45) is -0.154. The molecule has 0 aromatic carbocycles. The van der Waals surface area contributed by atoms with E-state index in [1.165, 1.54) is 6.26 Å². The van der Waals surface area contributed by atoms with Crippen LogP contribution >= 0.6 is 32.3 Å². The molecule has 15 heteroatoms. The van der Waals surface area contributed by atoms with Gasteiger partial charge in [0, 0.05) is 7.11 Å². The lowest BCUT2D eigenvalue weighted by Crippen LogP contribution is -2.03. The molecule has 10 nitrogen and oxygen atoms in total. The maximum Gasteiger partial charge on any atom is 0.416 e. The minimum atomic E-state index is -3.94. The molecule has 0 aliphatic heterocycles. The van der Waals surface area contributed by atoms with E-state index < -0.39 is 33.6 Å². The molecule has 0 aliphatic carbocycles. The van der Waals surface area contributed by atoms with Crippen LogP contribution < -0.4 is 0 Å². The van der Waals surface area contributed by atoms with E-state index in [9.17, 15) is 9.13 Å². The van der Waals surface area contributed by atoms with Gasteiger partial charge in [-0.3, -0.25) is 13.6 Å². The van der Waals surface area contributed by atoms with Crippen molar-refractivity contribution in [2.24, 2.45) is 0 Å². The van der Waals surface area contributed by atoms with Gasteiger partial charge in [-0.25, -0.2) is 15.1 Å². The molecule has 0 bridgehead atoms. The third-order valence-corrected chi connectivity index (χ3v) is 7.84. The number of hydrogen-bond acceptors (Lipinski definition) is 11. The molecule has 3 N–H and O–H groups in total. The van der Waals surface area contributed by atoms with Crippen LogP contribution in [0.15, 0.2) is 0 Å². The second-order valence-corrected chi connectivity index (χ2v) is 12.1. The third-order valence-electron chi connectivity index (χ3n) is 1.59. The molecule has 0 heterocycles. The fraction of sp³-hybridized carbons (Fsp3) is 1.00. The minimum Gasteiger partial charge on any atom is -0.329 e. The maximum absolute atomic E-state index is 12.0. The highest BCUT2D eigenvalue weighted by Crippen LogP contribution is 2.62. The fourth-order valence-corrected chi connectivity index (χ4v) is 5.07. The Morgan fingerprint density at radius 2 is 1.68 bits per heavy atom. The Hall–Kier alpha value is 1.14. The molecule has 0 rings (SSSR count). The Bertz CT molecular complexity index is 406. The predicted molar refractivity (Wildman–Crippen MR) is 71.6 cm³/mol. The van der Waals surface area contributed by atoms with Crippen molar-refractivity contribution in [1.29, 1.82) is 0 Å². The van der Waals surface area contributed by atoms with Crippen molar-refractivity contribution in [1.82, 2.24) is 0 Å². The maximum atomic E-state index is 12.0. The Morgan fingerprint density at radius 1 is 1.16 bits per heavy atom. The van der Waals surface area contributed by atoms with Crippen molar-refractivity contribution in [2.45, 2.75) is 0 Å². The zero-order valence-corrected chi connectivity index (χ0v) is 14.1. The zero-order valence-electron chi connectivity index (χ0n) is 9.77. The van der Waals surface area contributed by atoms with Crippen LogP contribution in [-0.4, -0.2) is 41.5 Å². The van der Waals surface area contributed by atoms with E-state index in [-0.39, 0.29) is 0 Å². The lowest BCUT2D eigenvalue weighted by molar-refractivity contribution is -0.150. The molecule has 19 heavy (non-hydrogen) atoms. The van der Waals surface area contributed by atoms with Gasteiger partial charge in [0.05, 0.1) is 0 Å². The van der Waals surface area contributed by atoms with Crippen LogP contribution in [0.4, 0.5) is 0 Å². The molecular weight excluding hydrogens is 365 g/mol. The summed E-state index contributed by atoms with van der Waals surface area (Å²) >= 11 is 4.86. The largest absolute Gasteiger partial charge is 0.416 e. The van der Waals surface area contributed by atoms with Gasteiger partial charge in [0.1, 0.15) is 12.7 Å². The molecule has 0 radical (unpaired) electrons. The predicted octanol–water partition coefficient (Wildman–Crippen LogP) is 2.53. The summed E-state index contributed by atoms with van der Waals surface area (Å²) in [6.45, 7) is -7.79. The van der Waals surface area contributed by atoms with Crippen molar-refractivity contribution >= 4 is 44.1 Å². The van der Waals surface area contributed by atoms with Crippen molar-refractivity contribution in [2.75, 3.05) is 26.1 Å². The highest BCUT2D eigenvalue weighted by Gasteiger charge is 2.33. The van der Waals surface area contributed by atoms with Crippen molar-refractivity contribution in [3.8, 4) is 0 Å². The van der Waals surface area contributed by atoms with E-state index in [0.717, 1.165) is 7.11 Å². The molecule has 0 spiro atoms. The standard InChI is InChI=1S/C4H13O10P3S2/c1-10-15(7,3-11-16(8,18)13-5)4-12-17(9,14-6)19-2/h5-6H,3-4H2,1-2H3,(H,8,18). The van der Waals surface area contributed by atoms with Gasteiger partial charge in [-0.05, 0) is 29.4 Å². The molecular formula is C4H13O10P3S2. The molecule has 116 valence electrons. The SMILES string of the molecule is COP(=O)(COP(=O)(OO)SC)COP(O)(=S)OO. The Balaban J connectivity index is 4.59. The molecule has 0 saturated heterocycles. The van der Waals surface area contributed by atoms with Crippen LogP contribution in [0, 0.1) is 0 Å². The summed E-state index contributed by atoms with van der Waals surface area (Å²) in [5.74, 6) is 0. The Morgan fingerprint density at radius 3 is 2.05 bits per heavy atom. The van der Waals surface area contributed by atoms with E-state index in [1.807, 2.05) is 0 Å². The average molecular weight is 378 g/mol. The van der Waals surface area contributed by atoms with E-state index in [2.05, 4.69) is 34.7 Å².